The predicted molar refractivity (Wildman–Crippen MR) is 39.2 cm³/mol. The molecule has 0 aromatic carbocycles. The van der Waals surface area contributed by atoms with Gasteiger partial charge >= 0.3 is 87.2 Å². The molecule has 5 atom stereocenters. The van der Waals surface area contributed by atoms with Gasteiger partial charge in [0, 0.05) is 0 Å². The van der Waals surface area contributed by atoms with Crippen LogP contribution in [-0.4, -0.2) is 12.1 Å². The number of rotatable bonds is 1. The molecule has 2 nitrogen and oxygen atoms in total. The third-order valence-corrected chi connectivity index (χ3v) is 12.7. The topological polar surface area (TPSA) is 26.3 Å². The van der Waals surface area contributed by atoms with Crippen molar-refractivity contribution in [3.63, 3.8) is 0 Å². The van der Waals surface area contributed by atoms with Crippen LogP contribution in [0, 0.1) is 17.8 Å². The molecule has 1 aliphatic heterocycles. The summed E-state index contributed by atoms with van der Waals surface area (Å²) in [5, 5.41) is 0. The third-order valence-electron chi connectivity index (χ3n) is 3.83. The minimum atomic E-state index is -1.19. The molecule has 12 heavy (non-hydrogen) atoms. The van der Waals surface area contributed by atoms with Crippen LogP contribution < -0.4 is 0 Å². The first-order chi connectivity index (χ1) is 5.81. The Kier molecular flexibility index (Phi) is 1.74. The Morgan fingerprint density at radius 2 is 2.33 bits per heavy atom. The zero-order valence-electron chi connectivity index (χ0n) is 6.70. The maximum absolute atomic E-state index is 11.3. The third kappa shape index (κ3) is 0.835. The van der Waals surface area contributed by atoms with Crippen molar-refractivity contribution in [3.05, 3.63) is 0 Å². The molecule has 62 valence electrons. The molecule has 0 spiro atoms. The molecule has 0 N–H and O–H groups in total. The van der Waals surface area contributed by atoms with Gasteiger partial charge in [-0.15, -0.1) is 0 Å². The molecule has 1 heterocycles. The number of ether oxygens (including phenoxy) is 1. The van der Waals surface area contributed by atoms with Gasteiger partial charge in [0.05, 0.1) is 0 Å². The average molecular weight is 373 g/mol. The van der Waals surface area contributed by atoms with Crippen LogP contribution in [0.15, 0.2) is 0 Å². The molecule has 1 saturated heterocycles. The number of hydrogen-bond acceptors (Lipinski definition) is 2. The Balaban J connectivity index is 1.96. The standard InChI is InChI=1S/C8H9O2.ClH.Hg/c9-8-6-2-4-1-5(6)7(3-4)10-8;;/h3-7H,1-2H2;1H;/q;;+1/p-1/t4-,5+,6-,7+;;/m0../s1. The summed E-state index contributed by atoms with van der Waals surface area (Å²) in [5.41, 5.74) is 0. The van der Waals surface area contributed by atoms with Gasteiger partial charge in [0.25, 0.3) is 0 Å². The molecular weight excluding hydrogens is 364 g/mol. The molecule has 3 rings (SSSR count). The summed E-state index contributed by atoms with van der Waals surface area (Å²) in [6.45, 7) is 0. The molecule has 0 aromatic heterocycles. The SMILES string of the molecule is O=C1O[C@H]2[C@@H]3C[C@@H](C[C@H]13)[C@@H]2[Hg][Cl]. The number of hydrogen-bond donors (Lipinski definition) is 0. The van der Waals surface area contributed by atoms with E-state index in [1.807, 2.05) is 0 Å². The van der Waals surface area contributed by atoms with Crippen molar-refractivity contribution in [3.8, 4) is 0 Å². The van der Waals surface area contributed by atoms with E-state index in [0.717, 1.165) is 12.3 Å². The Bertz CT molecular complexity index is 245. The second-order valence-electron chi connectivity index (χ2n) is 4.22. The summed E-state index contributed by atoms with van der Waals surface area (Å²) < 4.78 is 6.05. The Hall–Kier alpha value is 0.695. The normalized spacial score (nSPS) is 54.1. The molecule has 4 heteroatoms. The van der Waals surface area contributed by atoms with Crippen LogP contribution in [0.5, 0.6) is 0 Å². The molecule has 2 bridgehead atoms. The van der Waals surface area contributed by atoms with Crippen molar-refractivity contribution in [2.24, 2.45) is 17.8 Å². The van der Waals surface area contributed by atoms with E-state index < -0.39 is 23.3 Å². The monoisotopic (exact) mass is 374 g/mol. The van der Waals surface area contributed by atoms with E-state index >= 15 is 0 Å². The van der Waals surface area contributed by atoms with Gasteiger partial charge in [0.2, 0.25) is 0 Å². The van der Waals surface area contributed by atoms with Gasteiger partial charge < -0.3 is 0 Å². The van der Waals surface area contributed by atoms with Gasteiger partial charge in [-0.1, -0.05) is 0 Å². The molecule has 0 unspecified atom stereocenters. The summed E-state index contributed by atoms with van der Waals surface area (Å²) in [6.07, 6.45) is 2.61. The van der Waals surface area contributed by atoms with Gasteiger partial charge in [0.15, 0.2) is 0 Å². The van der Waals surface area contributed by atoms with E-state index in [9.17, 15) is 4.79 Å². The molecule has 3 fully saturated rings. The fourth-order valence-electron chi connectivity index (χ4n) is 3.29. The van der Waals surface area contributed by atoms with E-state index in [-0.39, 0.29) is 18.0 Å². The van der Waals surface area contributed by atoms with E-state index in [2.05, 4.69) is 0 Å². The first-order valence-electron chi connectivity index (χ1n) is 4.57. The number of halogens is 1. The van der Waals surface area contributed by atoms with Gasteiger partial charge in [-0.2, -0.15) is 0 Å². The van der Waals surface area contributed by atoms with Crippen molar-refractivity contribution in [1.29, 1.82) is 0 Å². The molecule has 2 saturated carbocycles. The van der Waals surface area contributed by atoms with Gasteiger partial charge in [-0.25, -0.2) is 0 Å². The molecule has 2 aliphatic carbocycles. The second-order valence-corrected chi connectivity index (χ2v) is 11.8. The summed E-state index contributed by atoms with van der Waals surface area (Å²) in [4.78, 5) is 11.3. The first-order valence-corrected chi connectivity index (χ1v) is 14.5. The summed E-state index contributed by atoms with van der Waals surface area (Å²) >= 11 is -1.19. The Morgan fingerprint density at radius 3 is 3.08 bits per heavy atom. The Morgan fingerprint density at radius 1 is 1.50 bits per heavy atom. The summed E-state index contributed by atoms with van der Waals surface area (Å²) in [7, 11) is 6.07. The summed E-state index contributed by atoms with van der Waals surface area (Å²) in [6, 6.07) is 0. The first kappa shape index (κ1) is 8.04. The number of esters is 1. The van der Waals surface area contributed by atoms with Crippen LogP contribution in [0.2, 0.25) is 3.43 Å². The number of carbonyl (C=O) groups is 1. The molecule has 3 aliphatic rings. The van der Waals surface area contributed by atoms with E-state index in [1.54, 1.807) is 0 Å². The van der Waals surface area contributed by atoms with Crippen LogP contribution in [-0.2, 0) is 32.9 Å². The molecule has 0 aromatic rings. The maximum atomic E-state index is 11.3. The van der Waals surface area contributed by atoms with Crippen molar-refractivity contribution >= 4 is 14.2 Å². The van der Waals surface area contributed by atoms with Crippen LogP contribution in [0.1, 0.15) is 12.8 Å². The van der Waals surface area contributed by atoms with Crippen LogP contribution in [0.3, 0.4) is 0 Å². The van der Waals surface area contributed by atoms with Crippen LogP contribution in [0.25, 0.3) is 0 Å². The van der Waals surface area contributed by atoms with E-state index in [4.69, 9.17) is 13.0 Å². The average Bonchev–Trinajstić information content (AvgIpc) is 2.63. The van der Waals surface area contributed by atoms with Crippen LogP contribution in [0.4, 0.5) is 0 Å². The van der Waals surface area contributed by atoms with E-state index in [1.165, 1.54) is 6.42 Å². The zero-order chi connectivity index (χ0) is 8.29. The molecule has 0 amide bonds. The van der Waals surface area contributed by atoms with Gasteiger partial charge in [-0.05, 0) is 0 Å². The quantitative estimate of drug-likeness (QED) is 0.516. The second kappa shape index (κ2) is 2.60. The number of carbonyl (C=O) groups excluding carboxylic acids is 1. The molecular formula is C8H9ClHgO2. The van der Waals surface area contributed by atoms with Gasteiger partial charge in [-0.3, -0.25) is 0 Å². The fourth-order valence-corrected chi connectivity index (χ4v) is 11.9. The Labute approximate surface area is 86.9 Å². The number of fused-ring (bicyclic) bond motifs is 1. The van der Waals surface area contributed by atoms with Crippen molar-refractivity contribution in [1.82, 2.24) is 0 Å². The predicted octanol–water partition coefficient (Wildman–Crippen LogP) is 1.59. The fraction of sp³-hybridized carbons (Fsp3) is 0.875. The van der Waals surface area contributed by atoms with Crippen LogP contribution >= 0.6 is 8.25 Å². The summed E-state index contributed by atoms with van der Waals surface area (Å²) in [5.74, 6) is 1.70. The zero-order valence-corrected chi connectivity index (χ0v) is 13.0. The molecule has 0 radical (unpaired) electrons. The van der Waals surface area contributed by atoms with E-state index in [0.29, 0.717) is 9.34 Å². The van der Waals surface area contributed by atoms with Crippen molar-refractivity contribution in [2.45, 2.75) is 22.4 Å². The van der Waals surface area contributed by atoms with Crippen molar-refractivity contribution < 1.29 is 32.9 Å². The minimum absolute atomic E-state index is 0.0773. The van der Waals surface area contributed by atoms with Crippen molar-refractivity contribution in [2.75, 3.05) is 0 Å². The van der Waals surface area contributed by atoms with Gasteiger partial charge in [0.1, 0.15) is 0 Å².